The van der Waals surface area contributed by atoms with Crippen LogP contribution in [0, 0.1) is 11.7 Å². The third kappa shape index (κ3) is 5.88. The van der Waals surface area contributed by atoms with Crippen LogP contribution < -0.4 is 20.1 Å². The van der Waals surface area contributed by atoms with Crippen LogP contribution in [0.4, 0.5) is 4.39 Å². The Bertz CT molecular complexity index is 1110. The lowest BCUT2D eigenvalue weighted by molar-refractivity contribution is -0.124. The molecule has 174 valence electrons. The molecule has 1 unspecified atom stereocenters. The van der Waals surface area contributed by atoms with E-state index in [2.05, 4.69) is 15.8 Å². The number of amides is 2. The fourth-order valence-corrected chi connectivity index (χ4v) is 3.16. The fourth-order valence-electron chi connectivity index (χ4n) is 3.16. The summed E-state index contributed by atoms with van der Waals surface area (Å²) in [6.07, 6.45) is 0. The predicted molar refractivity (Wildman–Crippen MR) is 119 cm³/mol. The first kappa shape index (κ1) is 23.8. The van der Waals surface area contributed by atoms with Gasteiger partial charge < -0.3 is 24.6 Å². The number of carbonyl (C=O) groups is 2. The number of nitrogens with one attached hydrogen (secondary N) is 2. The molecule has 0 fully saturated rings. The number of methoxy groups -OCH3 is 2. The van der Waals surface area contributed by atoms with Crippen molar-refractivity contribution in [3.05, 3.63) is 65.6 Å². The lowest BCUT2D eigenvalue weighted by Crippen LogP contribution is -2.49. The SMILES string of the molecule is COc1ccc(-c2cc(C(=O)NC(C(=O)NCc3ccc(F)cc3)C(C)C)no2)c(OC)c1. The Labute approximate surface area is 191 Å². The number of carbonyl (C=O) groups excluding carboxylic acids is 2. The molecule has 2 amide bonds. The predicted octanol–water partition coefficient (Wildman–Crippen LogP) is 3.57. The number of hydrogen-bond donors (Lipinski definition) is 2. The van der Waals surface area contributed by atoms with Crippen LogP contribution in [0.2, 0.25) is 0 Å². The third-order valence-electron chi connectivity index (χ3n) is 5.03. The highest BCUT2D eigenvalue weighted by Gasteiger charge is 2.26. The molecule has 3 aromatic rings. The monoisotopic (exact) mass is 455 g/mol. The molecule has 0 bridgehead atoms. The highest BCUT2D eigenvalue weighted by molar-refractivity contribution is 5.96. The molecule has 1 heterocycles. The quantitative estimate of drug-likeness (QED) is 0.511. The lowest BCUT2D eigenvalue weighted by atomic mass is 10.0. The summed E-state index contributed by atoms with van der Waals surface area (Å²) in [5.74, 6) is 0.00175. The van der Waals surface area contributed by atoms with E-state index >= 15 is 0 Å². The van der Waals surface area contributed by atoms with E-state index in [1.807, 2.05) is 13.8 Å². The zero-order valence-corrected chi connectivity index (χ0v) is 18.8. The van der Waals surface area contributed by atoms with Gasteiger partial charge in [-0.3, -0.25) is 9.59 Å². The van der Waals surface area contributed by atoms with Gasteiger partial charge in [0.15, 0.2) is 11.5 Å². The molecule has 2 N–H and O–H groups in total. The summed E-state index contributed by atoms with van der Waals surface area (Å²) in [5.41, 5.74) is 1.37. The van der Waals surface area contributed by atoms with E-state index in [4.69, 9.17) is 14.0 Å². The Morgan fingerprint density at radius 3 is 2.42 bits per heavy atom. The van der Waals surface area contributed by atoms with Gasteiger partial charge >= 0.3 is 0 Å². The average molecular weight is 455 g/mol. The number of ether oxygens (including phenoxy) is 2. The van der Waals surface area contributed by atoms with Crippen LogP contribution in [0.5, 0.6) is 11.5 Å². The Balaban J connectivity index is 1.69. The maximum Gasteiger partial charge on any atom is 0.274 e. The number of hydrogen-bond acceptors (Lipinski definition) is 6. The maximum absolute atomic E-state index is 13.0. The van der Waals surface area contributed by atoms with E-state index in [9.17, 15) is 14.0 Å². The minimum atomic E-state index is -0.798. The Kier molecular flexibility index (Phi) is 7.66. The molecule has 9 heteroatoms. The van der Waals surface area contributed by atoms with Gasteiger partial charge in [0, 0.05) is 18.7 Å². The normalized spacial score (nSPS) is 11.7. The van der Waals surface area contributed by atoms with Gasteiger partial charge in [-0.2, -0.15) is 0 Å². The Hall–Kier alpha value is -3.88. The summed E-state index contributed by atoms with van der Waals surface area (Å²) in [5, 5.41) is 9.31. The molecule has 0 aliphatic heterocycles. The largest absolute Gasteiger partial charge is 0.497 e. The summed E-state index contributed by atoms with van der Waals surface area (Å²) < 4.78 is 28.9. The topological polar surface area (TPSA) is 103 Å². The number of nitrogens with zero attached hydrogens (tertiary/aromatic N) is 1. The zero-order valence-electron chi connectivity index (χ0n) is 18.8. The smallest absolute Gasteiger partial charge is 0.274 e. The summed E-state index contributed by atoms with van der Waals surface area (Å²) in [6.45, 7) is 3.85. The number of halogens is 1. The molecule has 33 heavy (non-hydrogen) atoms. The zero-order chi connectivity index (χ0) is 24.0. The van der Waals surface area contributed by atoms with Crippen LogP contribution in [0.1, 0.15) is 29.9 Å². The van der Waals surface area contributed by atoms with Gasteiger partial charge in [0.25, 0.3) is 5.91 Å². The van der Waals surface area contributed by atoms with E-state index in [0.29, 0.717) is 22.8 Å². The van der Waals surface area contributed by atoms with Crippen molar-refractivity contribution in [3.8, 4) is 22.8 Å². The first-order chi connectivity index (χ1) is 15.8. The van der Waals surface area contributed by atoms with Crippen molar-refractivity contribution in [2.45, 2.75) is 26.4 Å². The second-order valence-electron chi connectivity index (χ2n) is 7.68. The standard InChI is InChI=1S/C24H26FN3O5/c1-14(2)22(24(30)26-13-15-5-7-16(25)8-6-15)27-23(29)19-12-21(33-28-19)18-10-9-17(31-3)11-20(18)32-4/h5-12,14,22H,13H2,1-4H3,(H,26,30)(H,27,29). The van der Waals surface area contributed by atoms with Crippen molar-refractivity contribution >= 4 is 11.8 Å². The van der Waals surface area contributed by atoms with Gasteiger partial charge in [0.2, 0.25) is 5.91 Å². The maximum atomic E-state index is 13.0. The highest BCUT2D eigenvalue weighted by Crippen LogP contribution is 2.33. The van der Waals surface area contributed by atoms with Gasteiger partial charge in [0.05, 0.1) is 19.8 Å². The average Bonchev–Trinajstić information content (AvgIpc) is 3.31. The first-order valence-corrected chi connectivity index (χ1v) is 10.3. The van der Waals surface area contributed by atoms with Crippen molar-refractivity contribution in [3.63, 3.8) is 0 Å². The Morgan fingerprint density at radius 2 is 1.79 bits per heavy atom. The summed E-state index contributed by atoms with van der Waals surface area (Å²) in [4.78, 5) is 25.5. The van der Waals surface area contributed by atoms with Crippen molar-refractivity contribution < 1.29 is 28.0 Å². The first-order valence-electron chi connectivity index (χ1n) is 10.3. The van der Waals surface area contributed by atoms with Crippen LogP contribution in [-0.2, 0) is 11.3 Å². The van der Waals surface area contributed by atoms with Crippen molar-refractivity contribution in [2.24, 2.45) is 5.92 Å². The van der Waals surface area contributed by atoms with Crippen molar-refractivity contribution in [1.29, 1.82) is 0 Å². The molecule has 0 aliphatic carbocycles. The van der Waals surface area contributed by atoms with Gasteiger partial charge in [0.1, 0.15) is 23.4 Å². The van der Waals surface area contributed by atoms with E-state index in [-0.39, 0.29) is 29.9 Å². The van der Waals surface area contributed by atoms with Crippen LogP contribution in [0.15, 0.2) is 53.1 Å². The molecule has 0 saturated carbocycles. The molecular weight excluding hydrogens is 429 g/mol. The van der Waals surface area contributed by atoms with E-state index < -0.39 is 11.9 Å². The minimum Gasteiger partial charge on any atom is -0.497 e. The molecule has 8 nitrogen and oxygen atoms in total. The molecule has 1 atom stereocenters. The number of rotatable bonds is 9. The van der Waals surface area contributed by atoms with E-state index in [0.717, 1.165) is 5.56 Å². The molecule has 0 spiro atoms. The van der Waals surface area contributed by atoms with Gasteiger partial charge in [-0.1, -0.05) is 31.1 Å². The highest BCUT2D eigenvalue weighted by atomic mass is 19.1. The third-order valence-corrected chi connectivity index (χ3v) is 5.03. The number of aromatic nitrogens is 1. The second-order valence-corrected chi connectivity index (χ2v) is 7.68. The molecule has 2 aromatic carbocycles. The summed E-state index contributed by atoms with van der Waals surface area (Å²) >= 11 is 0. The van der Waals surface area contributed by atoms with Crippen LogP contribution in [0.25, 0.3) is 11.3 Å². The molecule has 1 aromatic heterocycles. The minimum absolute atomic E-state index is 0.0276. The van der Waals surface area contributed by atoms with E-state index in [1.165, 1.54) is 25.3 Å². The molecule has 0 aliphatic rings. The van der Waals surface area contributed by atoms with Gasteiger partial charge in [-0.25, -0.2) is 4.39 Å². The van der Waals surface area contributed by atoms with Crippen molar-refractivity contribution in [2.75, 3.05) is 14.2 Å². The fraction of sp³-hybridized carbons (Fsp3) is 0.292. The van der Waals surface area contributed by atoms with Gasteiger partial charge in [-0.15, -0.1) is 0 Å². The summed E-state index contributed by atoms with van der Waals surface area (Å²) in [7, 11) is 3.06. The van der Waals surface area contributed by atoms with Crippen LogP contribution in [0.3, 0.4) is 0 Å². The van der Waals surface area contributed by atoms with Crippen LogP contribution in [-0.4, -0.2) is 37.2 Å². The molecular formula is C24H26FN3O5. The molecule has 3 rings (SSSR count). The van der Waals surface area contributed by atoms with Gasteiger partial charge in [-0.05, 0) is 35.7 Å². The summed E-state index contributed by atoms with van der Waals surface area (Å²) in [6, 6.07) is 11.7. The molecule has 0 radical (unpaired) electrons. The lowest BCUT2D eigenvalue weighted by Gasteiger charge is -2.21. The van der Waals surface area contributed by atoms with E-state index in [1.54, 1.807) is 37.4 Å². The second kappa shape index (κ2) is 10.6. The number of benzene rings is 2. The Morgan fingerprint density at radius 1 is 1.06 bits per heavy atom. The van der Waals surface area contributed by atoms with Crippen LogP contribution >= 0.6 is 0 Å². The van der Waals surface area contributed by atoms with Crippen molar-refractivity contribution in [1.82, 2.24) is 15.8 Å². The molecule has 0 saturated heterocycles.